The second-order valence-corrected chi connectivity index (χ2v) is 5.35. The zero-order valence-corrected chi connectivity index (χ0v) is 10.7. The Labute approximate surface area is 111 Å². The van der Waals surface area contributed by atoms with Crippen molar-refractivity contribution in [2.24, 2.45) is 0 Å². The Balaban J connectivity index is 1.90. The summed E-state index contributed by atoms with van der Waals surface area (Å²) in [7, 11) is 0. The average Bonchev–Trinajstić information content (AvgIpc) is 2.74. The number of nitrogens with one attached hydrogen (secondary N) is 1. The van der Waals surface area contributed by atoms with Crippen molar-refractivity contribution in [3.8, 4) is 0 Å². The lowest BCUT2D eigenvalue weighted by Gasteiger charge is -2.29. The standard InChI is InChI=1S/C12H20N2O5/c15-8-3-1-7(2-4-8)13-12(19)14-6-9(16)5-10(14)11(17)18/h7-10,15-16H,1-6H2,(H,13,19)(H,17,18). The number of aliphatic hydroxyl groups is 2. The molecule has 2 rings (SSSR count). The molecule has 0 aromatic heterocycles. The molecular weight excluding hydrogens is 252 g/mol. The summed E-state index contributed by atoms with van der Waals surface area (Å²) in [6.45, 7) is 0.0537. The van der Waals surface area contributed by atoms with Crippen molar-refractivity contribution in [1.82, 2.24) is 10.2 Å². The smallest absolute Gasteiger partial charge is 0.326 e. The van der Waals surface area contributed by atoms with Crippen molar-refractivity contribution in [3.63, 3.8) is 0 Å². The van der Waals surface area contributed by atoms with Gasteiger partial charge in [0.15, 0.2) is 0 Å². The van der Waals surface area contributed by atoms with Crippen LogP contribution in [0.25, 0.3) is 0 Å². The quantitative estimate of drug-likeness (QED) is 0.542. The monoisotopic (exact) mass is 272 g/mol. The Morgan fingerprint density at radius 2 is 1.68 bits per heavy atom. The first-order chi connectivity index (χ1) is 8.97. The summed E-state index contributed by atoms with van der Waals surface area (Å²) < 4.78 is 0. The highest BCUT2D eigenvalue weighted by Crippen LogP contribution is 2.21. The van der Waals surface area contributed by atoms with E-state index in [-0.39, 0.29) is 25.1 Å². The largest absolute Gasteiger partial charge is 0.480 e. The van der Waals surface area contributed by atoms with Crippen molar-refractivity contribution < 1.29 is 24.9 Å². The molecule has 0 radical (unpaired) electrons. The topological polar surface area (TPSA) is 110 Å². The van der Waals surface area contributed by atoms with Crippen LogP contribution in [-0.4, -0.2) is 63.1 Å². The number of carbonyl (C=O) groups is 2. The summed E-state index contributed by atoms with van der Waals surface area (Å²) in [5.74, 6) is -1.09. The first-order valence-electron chi connectivity index (χ1n) is 6.63. The van der Waals surface area contributed by atoms with Gasteiger partial charge in [-0.3, -0.25) is 0 Å². The Hall–Kier alpha value is -1.34. The zero-order valence-electron chi connectivity index (χ0n) is 10.7. The number of carboxylic acid groups (broad SMARTS) is 1. The van der Waals surface area contributed by atoms with Crippen molar-refractivity contribution in [1.29, 1.82) is 0 Å². The third kappa shape index (κ3) is 3.36. The second kappa shape index (κ2) is 5.75. The predicted octanol–water partition coefficient (Wildman–Crippen LogP) is -0.481. The molecule has 1 saturated carbocycles. The molecule has 1 heterocycles. The maximum Gasteiger partial charge on any atom is 0.326 e. The van der Waals surface area contributed by atoms with Gasteiger partial charge in [0.25, 0.3) is 0 Å². The van der Waals surface area contributed by atoms with E-state index in [4.69, 9.17) is 5.11 Å². The molecule has 19 heavy (non-hydrogen) atoms. The Morgan fingerprint density at radius 1 is 1.05 bits per heavy atom. The third-order valence-electron chi connectivity index (χ3n) is 3.85. The van der Waals surface area contributed by atoms with Gasteiger partial charge in [0.1, 0.15) is 6.04 Å². The van der Waals surface area contributed by atoms with Crippen molar-refractivity contribution in [2.75, 3.05) is 6.54 Å². The third-order valence-corrected chi connectivity index (χ3v) is 3.85. The number of likely N-dealkylation sites (tertiary alicyclic amines) is 1. The van der Waals surface area contributed by atoms with E-state index < -0.39 is 24.1 Å². The molecule has 2 aliphatic rings. The number of aliphatic carboxylic acids is 1. The molecule has 0 spiro atoms. The number of aliphatic hydroxyl groups excluding tert-OH is 2. The molecule has 2 atom stereocenters. The molecule has 1 aliphatic heterocycles. The van der Waals surface area contributed by atoms with E-state index in [0.717, 1.165) is 0 Å². The van der Waals surface area contributed by atoms with E-state index >= 15 is 0 Å². The van der Waals surface area contributed by atoms with Gasteiger partial charge in [0.2, 0.25) is 0 Å². The van der Waals surface area contributed by atoms with Gasteiger partial charge >= 0.3 is 12.0 Å². The Kier molecular flexibility index (Phi) is 4.26. The van der Waals surface area contributed by atoms with Gasteiger partial charge in [-0.1, -0.05) is 0 Å². The minimum Gasteiger partial charge on any atom is -0.480 e. The molecule has 2 amide bonds. The Morgan fingerprint density at radius 3 is 2.26 bits per heavy atom. The van der Waals surface area contributed by atoms with E-state index in [1.807, 2.05) is 0 Å². The van der Waals surface area contributed by atoms with Crippen LogP contribution in [0.15, 0.2) is 0 Å². The minimum absolute atomic E-state index is 0.0249. The van der Waals surface area contributed by atoms with Crippen LogP contribution >= 0.6 is 0 Å². The fourth-order valence-corrected chi connectivity index (χ4v) is 2.75. The number of hydrogen-bond donors (Lipinski definition) is 4. The predicted molar refractivity (Wildman–Crippen MR) is 65.5 cm³/mol. The molecule has 7 heteroatoms. The fraction of sp³-hybridized carbons (Fsp3) is 0.833. The summed E-state index contributed by atoms with van der Waals surface area (Å²) in [6.07, 6.45) is 1.69. The van der Waals surface area contributed by atoms with E-state index in [0.29, 0.717) is 25.7 Å². The number of carbonyl (C=O) groups excluding carboxylic acids is 1. The van der Waals surface area contributed by atoms with Gasteiger partial charge in [0, 0.05) is 19.0 Å². The van der Waals surface area contributed by atoms with Gasteiger partial charge in [-0.05, 0) is 25.7 Å². The summed E-state index contributed by atoms with van der Waals surface area (Å²) in [5, 5.41) is 30.7. The van der Waals surface area contributed by atoms with Gasteiger partial charge in [-0.15, -0.1) is 0 Å². The van der Waals surface area contributed by atoms with E-state index in [1.165, 1.54) is 4.90 Å². The lowest BCUT2D eigenvalue weighted by atomic mass is 9.93. The van der Waals surface area contributed by atoms with Crippen LogP contribution in [0.3, 0.4) is 0 Å². The van der Waals surface area contributed by atoms with Crippen LogP contribution in [-0.2, 0) is 4.79 Å². The van der Waals surface area contributed by atoms with Crippen LogP contribution in [0, 0.1) is 0 Å². The Bertz CT molecular complexity index is 354. The molecular formula is C12H20N2O5. The molecule has 0 aromatic rings. The van der Waals surface area contributed by atoms with Crippen molar-refractivity contribution >= 4 is 12.0 Å². The van der Waals surface area contributed by atoms with Crippen LogP contribution in [0.2, 0.25) is 0 Å². The highest BCUT2D eigenvalue weighted by atomic mass is 16.4. The molecule has 7 nitrogen and oxygen atoms in total. The van der Waals surface area contributed by atoms with E-state index in [1.54, 1.807) is 0 Å². The molecule has 0 bridgehead atoms. The summed E-state index contributed by atoms with van der Waals surface area (Å²) >= 11 is 0. The molecule has 1 aliphatic carbocycles. The maximum atomic E-state index is 12.0. The lowest BCUT2D eigenvalue weighted by Crippen LogP contribution is -2.50. The summed E-state index contributed by atoms with van der Waals surface area (Å²) in [5.41, 5.74) is 0. The first-order valence-corrected chi connectivity index (χ1v) is 6.63. The number of rotatable bonds is 2. The molecule has 0 aromatic carbocycles. The van der Waals surface area contributed by atoms with Gasteiger partial charge in [-0.2, -0.15) is 0 Å². The van der Waals surface area contributed by atoms with Crippen LogP contribution in [0.1, 0.15) is 32.1 Å². The lowest BCUT2D eigenvalue weighted by molar-refractivity contribution is -0.141. The number of amides is 2. The highest BCUT2D eigenvalue weighted by Gasteiger charge is 2.39. The number of hydrogen-bond acceptors (Lipinski definition) is 4. The van der Waals surface area contributed by atoms with Crippen LogP contribution in [0.4, 0.5) is 4.79 Å². The average molecular weight is 272 g/mol. The number of urea groups is 1. The molecule has 2 fully saturated rings. The molecule has 1 saturated heterocycles. The van der Waals surface area contributed by atoms with E-state index in [2.05, 4.69) is 5.32 Å². The number of carboxylic acids is 1. The minimum atomic E-state index is -1.09. The van der Waals surface area contributed by atoms with Crippen LogP contribution in [0.5, 0.6) is 0 Å². The summed E-state index contributed by atoms with van der Waals surface area (Å²) in [6, 6.07) is -1.42. The molecule has 4 N–H and O–H groups in total. The first kappa shape index (κ1) is 14.1. The van der Waals surface area contributed by atoms with E-state index in [9.17, 15) is 19.8 Å². The number of β-amino-alcohol motifs (C(OH)–C–C–N with tert-alkyl or cyclic N) is 1. The van der Waals surface area contributed by atoms with Gasteiger partial charge in [0.05, 0.1) is 12.2 Å². The van der Waals surface area contributed by atoms with Gasteiger partial charge in [-0.25, -0.2) is 9.59 Å². The number of nitrogens with zero attached hydrogens (tertiary/aromatic N) is 1. The zero-order chi connectivity index (χ0) is 14.0. The fourth-order valence-electron chi connectivity index (χ4n) is 2.75. The highest BCUT2D eigenvalue weighted by molar-refractivity contribution is 5.83. The van der Waals surface area contributed by atoms with Crippen LogP contribution < -0.4 is 5.32 Å². The molecule has 108 valence electrons. The second-order valence-electron chi connectivity index (χ2n) is 5.35. The van der Waals surface area contributed by atoms with Gasteiger partial charge < -0.3 is 25.5 Å². The SMILES string of the molecule is O=C(O)C1CC(O)CN1C(=O)NC1CCC(O)CC1. The van der Waals surface area contributed by atoms with Crippen molar-refractivity contribution in [3.05, 3.63) is 0 Å². The normalized spacial score (nSPS) is 35.2. The summed E-state index contributed by atoms with van der Waals surface area (Å²) in [4.78, 5) is 24.2. The van der Waals surface area contributed by atoms with Crippen molar-refractivity contribution in [2.45, 2.75) is 56.4 Å². The maximum absolute atomic E-state index is 12.0. The molecule has 2 unspecified atom stereocenters.